The average molecular weight is 273 g/mol. The van der Waals surface area contributed by atoms with Crippen molar-refractivity contribution in [2.45, 2.75) is 19.4 Å². The van der Waals surface area contributed by atoms with E-state index in [0.29, 0.717) is 13.0 Å². The number of nitrogens with two attached hydrogens (primary N) is 1. The molecule has 106 valence electrons. The van der Waals surface area contributed by atoms with Gasteiger partial charge >= 0.3 is 0 Å². The molecule has 0 bridgehead atoms. The molecule has 4 nitrogen and oxygen atoms in total. The van der Waals surface area contributed by atoms with E-state index in [1.165, 1.54) is 6.92 Å². The summed E-state index contributed by atoms with van der Waals surface area (Å²) in [6.07, 6.45) is 4.41. The van der Waals surface area contributed by atoms with E-state index in [9.17, 15) is 4.79 Å². The number of Topliss-reactive ketones (excluding diaryl/α,β-unsaturated/α-hetero) is 1. The fourth-order valence-corrected chi connectivity index (χ4v) is 1.77. The van der Waals surface area contributed by atoms with E-state index in [1.54, 1.807) is 6.08 Å². The Morgan fingerprint density at radius 1 is 1.60 bits per heavy atom. The predicted octanol–water partition coefficient (Wildman–Crippen LogP) is 2.08. The number of carbonyl (C=O) groups is 1. The van der Waals surface area contributed by atoms with Crippen LogP contribution in [0.3, 0.4) is 0 Å². The lowest BCUT2D eigenvalue weighted by Gasteiger charge is -2.10. The molecule has 0 aliphatic carbocycles. The Bertz CT molecular complexity index is 545. The highest BCUT2D eigenvalue weighted by molar-refractivity contribution is 5.96. The molecule has 1 fully saturated rings. The van der Waals surface area contributed by atoms with Gasteiger partial charge in [0.05, 0.1) is 12.3 Å². The standard InChI is InChI=1S/C16H19NO3/c1-3-4-13-7-12(8-15(17)11(2)18)5-6-16(13)20-10-14-9-19-14/h3,5-8,14H,1,4,9-10,17H2,2H3. The maximum absolute atomic E-state index is 11.2. The summed E-state index contributed by atoms with van der Waals surface area (Å²) in [4.78, 5) is 11.2. The largest absolute Gasteiger partial charge is 0.490 e. The first-order chi connectivity index (χ1) is 9.60. The molecular weight excluding hydrogens is 254 g/mol. The summed E-state index contributed by atoms with van der Waals surface area (Å²) in [7, 11) is 0. The van der Waals surface area contributed by atoms with E-state index in [2.05, 4.69) is 6.58 Å². The number of allylic oxidation sites excluding steroid dienone is 2. The maximum Gasteiger partial charge on any atom is 0.175 e. The lowest BCUT2D eigenvalue weighted by atomic mass is 10.1. The number of rotatable bonds is 7. The topological polar surface area (TPSA) is 64.9 Å². The first-order valence-corrected chi connectivity index (χ1v) is 6.56. The number of hydrogen-bond acceptors (Lipinski definition) is 4. The van der Waals surface area contributed by atoms with Gasteiger partial charge in [-0.3, -0.25) is 4.79 Å². The number of ether oxygens (including phenoxy) is 2. The third-order valence-electron chi connectivity index (χ3n) is 3.00. The van der Waals surface area contributed by atoms with Crippen molar-refractivity contribution in [3.8, 4) is 5.75 Å². The summed E-state index contributed by atoms with van der Waals surface area (Å²) in [5, 5.41) is 0. The van der Waals surface area contributed by atoms with Crippen LogP contribution in [0.15, 0.2) is 36.6 Å². The van der Waals surface area contributed by atoms with Crippen molar-refractivity contribution in [3.05, 3.63) is 47.7 Å². The summed E-state index contributed by atoms with van der Waals surface area (Å²) >= 11 is 0. The number of hydrogen-bond donors (Lipinski definition) is 1. The van der Waals surface area contributed by atoms with E-state index >= 15 is 0 Å². The number of benzene rings is 1. The predicted molar refractivity (Wildman–Crippen MR) is 78.4 cm³/mol. The molecule has 1 aromatic carbocycles. The Balaban J connectivity index is 2.18. The molecule has 1 saturated heterocycles. The molecule has 2 N–H and O–H groups in total. The molecule has 1 aliphatic heterocycles. The van der Waals surface area contributed by atoms with Gasteiger partial charge in [0.1, 0.15) is 18.5 Å². The van der Waals surface area contributed by atoms with E-state index in [0.717, 1.165) is 23.5 Å². The fraction of sp³-hybridized carbons (Fsp3) is 0.312. The number of ketones is 1. The highest BCUT2D eigenvalue weighted by Crippen LogP contribution is 2.23. The molecule has 4 heteroatoms. The molecule has 2 rings (SSSR count). The third kappa shape index (κ3) is 3.96. The molecule has 0 spiro atoms. The van der Waals surface area contributed by atoms with Crippen molar-refractivity contribution in [3.63, 3.8) is 0 Å². The van der Waals surface area contributed by atoms with Gasteiger partial charge < -0.3 is 15.2 Å². The van der Waals surface area contributed by atoms with Crippen molar-refractivity contribution in [1.29, 1.82) is 0 Å². The third-order valence-corrected chi connectivity index (χ3v) is 3.00. The van der Waals surface area contributed by atoms with Crippen LogP contribution < -0.4 is 10.5 Å². The van der Waals surface area contributed by atoms with Crippen LogP contribution in [0.25, 0.3) is 6.08 Å². The van der Waals surface area contributed by atoms with Crippen LogP contribution in [0.2, 0.25) is 0 Å². The van der Waals surface area contributed by atoms with Crippen molar-refractivity contribution < 1.29 is 14.3 Å². The van der Waals surface area contributed by atoms with Gasteiger partial charge in [-0.2, -0.15) is 0 Å². The number of epoxide rings is 1. The van der Waals surface area contributed by atoms with Crippen molar-refractivity contribution in [2.75, 3.05) is 13.2 Å². The van der Waals surface area contributed by atoms with Crippen LogP contribution in [0.1, 0.15) is 18.1 Å². The molecule has 1 heterocycles. The molecule has 1 aromatic rings. The van der Waals surface area contributed by atoms with Gasteiger partial charge in [-0.15, -0.1) is 6.58 Å². The van der Waals surface area contributed by atoms with Crippen LogP contribution in [0.5, 0.6) is 5.75 Å². The highest BCUT2D eigenvalue weighted by Gasteiger charge is 2.23. The Hall–Kier alpha value is -2.07. The zero-order chi connectivity index (χ0) is 14.5. The summed E-state index contributed by atoms with van der Waals surface area (Å²) < 4.78 is 10.9. The zero-order valence-corrected chi connectivity index (χ0v) is 11.6. The molecule has 1 atom stereocenters. The van der Waals surface area contributed by atoms with Crippen LogP contribution in [-0.4, -0.2) is 25.1 Å². The van der Waals surface area contributed by atoms with Crippen molar-refractivity contribution in [2.24, 2.45) is 5.73 Å². The first-order valence-electron chi connectivity index (χ1n) is 6.56. The minimum atomic E-state index is -0.138. The zero-order valence-electron chi connectivity index (χ0n) is 11.6. The van der Waals surface area contributed by atoms with Gasteiger partial charge in [0.25, 0.3) is 0 Å². The van der Waals surface area contributed by atoms with E-state index < -0.39 is 0 Å². The van der Waals surface area contributed by atoms with Crippen LogP contribution in [0, 0.1) is 0 Å². The first kappa shape index (κ1) is 14.3. The second-order valence-corrected chi connectivity index (χ2v) is 4.78. The minimum Gasteiger partial charge on any atom is -0.490 e. The molecule has 0 saturated carbocycles. The van der Waals surface area contributed by atoms with Gasteiger partial charge in [-0.1, -0.05) is 12.1 Å². The van der Waals surface area contributed by atoms with Crippen LogP contribution in [-0.2, 0) is 16.0 Å². The molecule has 20 heavy (non-hydrogen) atoms. The number of carbonyl (C=O) groups excluding carboxylic acids is 1. The fourth-order valence-electron chi connectivity index (χ4n) is 1.77. The second-order valence-electron chi connectivity index (χ2n) is 4.78. The quantitative estimate of drug-likeness (QED) is 0.469. The summed E-state index contributed by atoms with van der Waals surface area (Å²) in [6.45, 7) is 6.53. The monoisotopic (exact) mass is 273 g/mol. The Morgan fingerprint density at radius 2 is 2.35 bits per heavy atom. The van der Waals surface area contributed by atoms with Crippen LogP contribution in [0.4, 0.5) is 0 Å². The summed E-state index contributed by atoms with van der Waals surface area (Å²) in [6, 6.07) is 5.73. The Morgan fingerprint density at radius 3 is 2.95 bits per heavy atom. The summed E-state index contributed by atoms with van der Waals surface area (Å²) in [5.41, 5.74) is 7.80. The second kappa shape index (κ2) is 6.39. The lowest BCUT2D eigenvalue weighted by Crippen LogP contribution is -2.07. The summed E-state index contributed by atoms with van der Waals surface area (Å²) in [5.74, 6) is 0.681. The van der Waals surface area contributed by atoms with Gasteiger partial charge in [0, 0.05) is 6.92 Å². The molecule has 0 amide bonds. The highest BCUT2D eigenvalue weighted by atomic mass is 16.6. The van der Waals surface area contributed by atoms with Crippen molar-refractivity contribution in [1.82, 2.24) is 0 Å². The average Bonchev–Trinajstić information content (AvgIpc) is 3.22. The molecule has 0 radical (unpaired) electrons. The van der Waals surface area contributed by atoms with Crippen molar-refractivity contribution >= 4 is 11.9 Å². The van der Waals surface area contributed by atoms with E-state index in [4.69, 9.17) is 15.2 Å². The Kier molecular flexibility index (Phi) is 4.58. The van der Waals surface area contributed by atoms with Gasteiger partial charge in [0.15, 0.2) is 5.78 Å². The minimum absolute atomic E-state index is 0.138. The van der Waals surface area contributed by atoms with Crippen LogP contribution >= 0.6 is 0 Å². The SMILES string of the molecule is C=CCc1cc(C=C(N)C(C)=O)ccc1OCC1CO1. The normalized spacial score (nSPS) is 17.6. The lowest BCUT2D eigenvalue weighted by molar-refractivity contribution is -0.113. The van der Waals surface area contributed by atoms with E-state index in [1.807, 2.05) is 24.3 Å². The van der Waals surface area contributed by atoms with Gasteiger partial charge in [-0.25, -0.2) is 0 Å². The van der Waals surface area contributed by atoms with Gasteiger partial charge in [-0.05, 0) is 35.8 Å². The molecule has 1 unspecified atom stereocenters. The smallest absolute Gasteiger partial charge is 0.175 e. The molecule has 1 aliphatic rings. The maximum atomic E-state index is 11.2. The van der Waals surface area contributed by atoms with E-state index in [-0.39, 0.29) is 17.6 Å². The molecular formula is C16H19NO3. The Labute approximate surface area is 118 Å². The van der Waals surface area contributed by atoms with Gasteiger partial charge in [0.2, 0.25) is 0 Å². The molecule has 0 aromatic heterocycles.